The first kappa shape index (κ1) is 32.5. The second-order valence-electron chi connectivity index (χ2n) is 17.5. The molecule has 0 aliphatic heterocycles. The van der Waals surface area contributed by atoms with Gasteiger partial charge in [0.15, 0.2) is 0 Å². The Morgan fingerprint density at radius 2 is 0.895 bits per heavy atom. The topological polar surface area (TPSA) is 0 Å². The molecule has 0 aromatic rings. The Balaban J connectivity index is 2.02. The van der Waals surface area contributed by atoms with Gasteiger partial charge in [0.05, 0.1) is 0 Å². The Morgan fingerprint density at radius 3 is 1.32 bits per heavy atom. The van der Waals surface area contributed by atoms with Gasteiger partial charge in [-0.25, -0.2) is 0 Å². The Morgan fingerprint density at radius 1 is 0.474 bits per heavy atom. The second kappa shape index (κ2) is 11.7. The van der Waals surface area contributed by atoms with Gasteiger partial charge in [-0.05, 0) is 118 Å². The van der Waals surface area contributed by atoms with Crippen LogP contribution in [0.25, 0.3) is 0 Å². The van der Waals surface area contributed by atoms with Crippen LogP contribution >= 0.6 is 0 Å². The fourth-order valence-corrected chi connectivity index (χ4v) is 13.4. The first-order valence-corrected chi connectivity index (χ1v) is 17.4. The molecule has 3 fully saturated rings. The highest BCUT2D eigenvalue weighted by Crippen LogP contribution is 2.62. The van der Waals surface area contributed by atoms with Crippen LogP contribution in [0.2, 0.25) is 0 Å². The molecule has 38 heavy (non-hydrogen) atoms. The number of hydrogen-bond acceptors (Lipinski definition) is 0. The lowest BCUT2D eigenvalue weighted by Crippen LogP contribution is -2.57. The molecule has 0 nitrogen and oxygen atoms in total. The molecule has 0 spiro atoms. The summed E-state index contributed by atoms with van der Waals surface area (Å²) in [6.45, 7) is 44.4. The molecule has 0 heteroatoms. The predicted octanol–water partition coefficient (Wildman–Crippen LogP) is 11.4. The largest absolute Gasteiger partial charge is 0.0651 e. The van der Waals surface area contributed by atoms with Crippen molar-refractivity contribution < 1.29 is 0 Å². The summed E-state index contributed by atoms with van der Waals surface area (Å²) in [4.78, 5) is 0. The van der Waals surface area contributed by atoms with E-state index in [0.717, 1.165) is 112 Å². The highest BCUT2D eigenvalue weighted by Gasteiger charge is 2.57. The van der Waals surface area contributed by atoms with Crippen molar-refractivity contribution >= 4 is 0 Å². The van der Waals surface area contributed by atoms with Crippen LogP contribution in [0.15, 0.2) is 0 Å². The Kier molecular flexibility index (Phi) is 10.0. The van der Waals surface area contributed by atoms with E-state index in [1.54, 1.807) is 0 Å². The number of rotatable bonds is 5. The van der Waals surface area contributed by atoms with Crippen molar-refractivity contribution in [1.29, 1.82) is 0 Å². The van der Waals surface area contributed by atoms with E-state index in [1.807, 2.05) is 0 Å². The molecular weight excluding hydrogens is 456 g/mol. The molecular formula is C38H72. The van der Waals surface area contributed by atoms with E-state index in [9.17, 15) is 0 Å². The van der Waals surface area contributed by atoms with E-state index >= 15 is 0 Å². The minimum Gasteiger partial charge on any atom is -0.0651 e. The van der Waals surface area contributed by atoms with Crippen LogP contribution in [-0.2, 0) is 0 Å². The van der Waals surface area contributed by atoms with E-state index in [0.29, 0.717) is 5.41 Å². The van der Waals surface area contributed by atoms with Gasteiger partial charge in [0.25, 0.3) is 0 Å². The molecule has 0 aromatic heterocycles. The first-order valence-electron chi connectivity index (χ1n) is 17.4. The van der Waals surface area contributed by atoms with Gasteiger partial charge in [0, 0.05) is 0 Å². The summed E-state index contributed by atoms with van der Waals surface area (Å²) in [6.07, 6.45) is 1.36. The smallest absolute Gasteiger partial charge is 0.0308 e. The molecule has 3 aliphatic rings. The normalized spacial score (nSPS) is 51.9. The summed E-state index contributed by atoms with van der Waals surface area (Å²) in [5, 5.41) is 0. The maximum atomic E-state index is 2.73. The van der Waals surface area contributed by atoms with Crippen molar-refractivity contribution in [3.63, 3.8) is 0 Å². The maximum Gasteiger partial charge on any atom is -0.0308 e. The van der Waals surface area contributed by atoms with Crippen molar-refractivity contribution in [3.8, 4) is 0 Å². The van der Waals surface area contributed by atoms with Gasteiger partial charge in [0.2, 0.25) is 0 Å². The van der Waals surface area contributed by atoms with Gasteiger partial charge in [-0.2, -0.15) is 0 Å². The molecule has 0 amide bonds. The number of hydrogen-bond donors (Lipinski definition) is 0. The average molecular weight is 529 g/mol. The molecule has 3 saturated carbocycles. The predicted molar refractivity (Wildman–Crippen MR) is 170 cm³/mol. The minimum atomic E-state index is 0.374. The lowest BCUT2D eigenvalue weighted by atomic mass is 9.43. The zero-order valence-electron chi connectivity index (χ0n) is 29.2. The molecule has 18 unspecified atom stereocenters. The van der Waals surface area contributed by atoms with Crippen molar-refractivity contribution in [2.24, 2.45) is 118 Å². The summed E-state index contributed by atoms with van der Waals surface area (Å²) in [5.41, 5.74) is 0.374. The Hall–Kier alpha value is 0. The van der Waals surface area contributed by atoms with Crippen LogP contribution in [0.4, 0.5) is 0 Å². The summed E-state index contributed by atoms with van der Waals surface area (Å²) in [5.74, 6) is 16.0. The molecule has 0 radical (unpaired) electrons. The monoisotopic (exact) mass is 529 g/mol. The zero-order chi connectivity index (χ0) is 29.2. The van der Waals surface area contributed by atoms with E-state index in [4.69, 9.17) is 0 Å². The van der Waals surface area contributed by atoms with Crippen LogP contribution in [0.1, 0.15) is 124 Å². The van der Waals surface area contributed by atoms with E-state index in [2.05, 4.69) is 118 Å². The first-order chi connectivity index (χ1) is 17.4. The molecule has 0 saturated heterocycles. The third-order valence-electron chi connectivity index (χ3n) is 15.0. The van der Waals surface area contributed by atoms with Crippen LogP contribution in [-0.4, -0.2) is 0 Å². The van der Waals surface area contributed by atoms with Gasteiger partial charge in [-0.3, -0.25) is 0 Å². The van der Waals surface area contributed by atoms with Crippen LogP contribution in [0.3, 0.4) is 0 Å². The third-order valence-corrected chi connectivity index (χ3v) is 15.0. The van der Waals surface area contributed by atoms with E-state index in [1.165, 1.54) is 6.42 Å². The Bertz CT molecular complexity index is 756. The third kappa shape index (κ3) is 5.21. The lowest BCUT2D eigenvalue weighted by Gasteiger charge is -2.62. The van der Waals surface area contributed by atoms with E-state index in [-0.39, 0.29) is 0 Å². The summed E-state index contributed by atoms with van der Waals surface area (Å²) in [6, 6.07) is 0. The molecule has 3 aliphatic carbocycles. The average Bonchev–Trinajstić information content (AvgIpc) is 2.79. The maximum absolute atomic E-state index is 2.73. The molecule has 18 atom stereocenters. The molecule has 0 heterocycles. The van der Waals surface area contributed by atoms with Gasteiger partial charge in [-0.15, -0.1) is 0 Å². The fourth-order valence-electron chi connectivity index (χ4n) is 13.4. The van der Waals surface area contributed by atoms with E-state index < -0.39 is 0 Å². The van der Waals surface area contributed by atoms with Gasteiger partial charge in [-0.1, -0.05) is 124 Å². The molecule has 0 bridgehead atoms. The zero-order valence-corrected chi connectivity index (χ0v) is 29.2. The standard InChI is InChI=1S/C38H72/c1-18-31(26(10)33-27(11)32(19(2)3)29(13)37(30(33)14)38(15,16)17)34-24(8)25(9)35-22(6)20(4)21(5)23(7)36(35)28(34)12/h19-37H,18H2,1-17H3. The highest BCUT2D eigenvalue weighted by atomic mass is 14.6. The summed E-state index contributed by atoms with van der Waals surface area (Å²) in [7, 11) is 0. The minimum absolute atomic E-state index is 0.374. The van der Waals surface area contributed by atoms with Gasteiger partial charge >= 0.3 is 0 Å². The van der Waals surface area contributed by atoms with Crippen molar-refractivity contribution in [1.82, 2.24) is 0 Å². The number of fused-ring (bicyclic) bond motifs is 1. The van der Waals surface area contributed by atoms with Gasteiger partial charge < -0.3 is 0 Å². The molecule has 0 aromatic carbocycles. The van der Waals surface area contributed by atoms with Crippen LogP contribution in [0.5, 0.6) is 0 Å². The van der Waals surface area contributed by atoms with Crippen molar-refractivity contribution in [2.75, 3.05) is 0 Å². The fraction of sp³-hybridized carbons (Fsp3) is 1.00. The lowest BCUT2D eigenvalue weighted by molar-refractivity contribution is -0.143. The van der Waals surface area contributed by atoms with Crippen molar-refractivity contribution in [3.05, 3.63) is 0 Å². The van der Waals surface area contributed by atoms with Crippen LogP contribution < -0.4 is 0 Å². The summed E-state index contributed by atoms with van der Waals surface area (Å²) >= 11 is 0. The SMILES string of the molecule is CCC(C(C)C1C(C)C(C(C)C)C(C)C(C(C)(C)C)C1C)C1C(C)C(C)C2C(C)C(C)C(C)C(C)C2C1C. The van der Waals surface area contributed by atoms with Crippen molar-refractivity contribution in [2.45, 2.75) is 124 Å². The summed E-state index contributed by atoms with van der Waals surface area (Å²) < 4.78 is 0. The Labute approximate surface area is 241 Å². The molecule has 3 rings (SSSR count). The molecule has 224 valence electrons. The van der Waals surface area contributed by atoms with Crippen LogP contribution in [0, 0.1) is 118 Å². The highest BCUT2D eigenvalue weighted by molar-refractivity contribution is 5.05. The quantitative estimate of drug-likeness (QED) is 0.333. The molecule has 0 N–H and O–H groups in total. The van der Waals surface area contributed by atoms with Gasteiger partial charge in [0.1, 0.15) is 0 Å². The second-order valence-corrected chi connectivity index (χ2v) is 17.5.